The van der Waals surface area contributed by atoms with Crippen molar-refractivity contribution in [1.29, 1.82) is 0 Å². The number of benzene rings is 3. The van der Waals surface area contributed by atoms with Crippen molar-refractivity contribution in [2.45, 2.75) is 39.2 Å². The van der Waals surface area contributed by atoms with E-state index in [1.165, 1.54) is 16.7 Å². The Hall–Kier alpha value is -2.83. The Bertz CT molecular complexity index is 1180. The SMILES string of the molecule is CCCc1ccc(NC2=NC(c3cccc(O)c3)CCS2)cc1.Cc1nc2ccccc2s1. The average molecular weight is 476 g/mol. The number of nitrogens with one attached hydrogen (secondary N) is 1. The molecule has 0 spiro atoms. The van der Waals surface area contributed by atoms with Crippen LogP contribution < -0.4 is 5.32 Å². The van der Waals surface area contributed by atoms with Crippen molar-refractivity contribution in [1.82, 2.24) is 4.98 Å². The molecule has 33 heavy (non-hydrogen) atoms. The van der Waals surface area contributed by atoms with Crippen LogP contribution >= 0.6 is 23.1 Å². The van der Waals surface area contributed by atoms with Crippen molar-refractivity contribution >= 4 is 44.2 Å². The van der Waals surface area contributed by atoms with E-state index in [2.05, 4.69) is 47.6 Å². The molecule has 2 heterocycles. The van der Waals surface area contributed by atoms with Crippen LogP contribution in [-0.2, 0) is 6.42 Å². The molecule has 3 aromatic carbocycles. The van der Waals surface area contributed by atoms with Gasteiger partial charge in [0.2, 0.25) is 0 Å². The molecule has 6 heteroatoms. The fourth-order valence-corrected chi connectivity index (χ4v) is 5.46. The first kappa shape index (κ1) is 23.3. The van der Waals surface area contributed by atoms with Crippen LogP contribution in [0.4, 0.5) is 5.69 Å². The molecule has 0 aliphatic carbocycles. The average Bonchev–Trinajstić information content (AvgIpc) is 3.21. The Morgan fingerprint density at radius 1 is 1.03 bits per heavy atom. The molecule has 1 unspecified atom stereocenters. The lowest BCUT2D eigenvalue weighted by Gasteiger charge is -2.21. The molecule has 1 aliphatic heterocycles. The first-order chi connectivity index (χ1) is 16.1. The number of hydrogen-bond acceptors (Lipinski definition) is 6. The Labute approximate surface area is 203 Å². The minimum absolute atomic E-state index is 0.116. The van der Waals surface area contributed by atoms with Gasteiger partial charge in [-0.1, -0.05) is 61.5 Å². The fraction of sp³-hybridized carbons (Fsp3) is 0.259. The van der Waals surface area contributed by atoms with E-state index >= 15 is 0 Å². The molecule has 1 atom stereocenters. The number of phenolic OH excluding ortho intramolecular Hbond substituents is 1. The predicted octanol–water partition coefficient (Wildman–Crippen LogP) is 7.60. The smallest absolute Gasteiger partial charge is 0.161 e. The van der Waals surface area contributed by atoms with Gasteiger partial charge in [-0.25, -0.2) is 4.98 Å². The van der Waals surface area contributed by atoms with E-state index in [-0.39, 0.29) is 6.04 Å². The summed E-state index contributed by atoms with van der Waals surface area (Å²) in [5.74, 6) is 1.33. The lowest BCUT2D eigenvalue weighted by molar-refractivity contribution is 0.473. The Morgan fingerprint density at radius 3 is 2.61 bits per heavy atom. The van der Waals surface area contributed by atoms with Gasteiger partial charge >= 0.3 is 0 Å². The van der Waals surface area contributed by atoms with Gasteiger partial charge in [0.05, 0.1) is 21.3 Å². The first-order valence-corrected chi connectivity index (χ1v) is 13.1. The van der Waals surface area contributed by atoms with Gasteiger partial charge in [0.15, 0.2) is 5.17 Å². The zero-order valence-electron chi connectivity index (χ0n) is 19.0. The zero-order valence-corrected chi connectivity index (χ0v) is 20.6. The number of thiazole rings is 1. The van der Waals surface area contributed by atoms with Crippen molar-refractivity contribution in [3.63, 3.8) is 0 Å². The highest BCUT2D eigenvalue weighted by Crippen LogP contribution is 2.31. The lowest BCUT2D eigenvalue weighted by atomic mass is 10.1. The van der Waals surface area contributed by atoms with Crippen molar-refractivity contribution < 1.29 is 5.11 Å². The number of anilines is 1. The topological polar surface area (TPSA) is 57.5 Å². The van der Waals surface area contributed by atoms with Crippen molar-refractivity contribution in [2.75, 3.05) is 11.1 Å². The molecule has 1 aromatic heterocycles. The van der Waals surface area contributed by atoms with Gasteiger partial charge < -0.3 is 10.4 Å². The molecule has 1 aliphatic rings. The quantitative estimate of drug-likeness (QED) is 0.319. The van der Waals surface area contributed by atoms with E-state index in [4.69, 9.17) is 4.99 Å². The van der Waals surface area contributed by atoms with Crippen LogP contribution in [-0.4, -0.2) is 21.0 Å². The second kappa shape index (κ2) is 11.3. The van der Waals surface area contributed by atoms with Crippen molar-refractivity contribution in [2.24, 2.45) is 4.99 Å². The van der Waals surface area contributed by atoms with E-state index in [0.717, 1.165) is 45.5 Å². The number of para-hydroxylation sites is 1. The Balaban J connectivity index is 0.000000214. The minimum atomic E-state index is 0.116. The van der Waals surface area contributed by atoms with Crippen LogP contribution in [0, 0.1) is 6.92 Å². The van der Waals surface area contributed by atoms with E-state index in [1.807, 2.05) is 37.3 Å². The predicted molar refractivity (Wildman–Crippen MR) is 144 cm³/mol. The minimum Gasteiger partial charge on any atom is -0.508 e. The van der Waals surface area contributed by atoms with Gasteiger partial charge in [0.25, 0.3) is 0 Å². The van der Waals surface area contributed by atoms with Crippen molar-refractivity contribution in [3.05, 3.63) is 88.9 Å². The van der Waals surface area contributed by atoms with Gasteiger partial charge in [-0.15, -0.1) is 11.3 Å². The molecule has 0 amide bonds. The molecule has 0 fully saturated rings. The van der Waals surface area contributed by atoms with Gasteiger partial charge in [0, 0.05) is 11.4 Å². The maximum atomic E-state index is 9.65. The second-order valence-corrected chi connectivity index (χ2v) is 10.3. The molecular formula is C27H29N3OS2. The number of thioether (sulfide) groups is 1. The molecule has 0 radical (unpaired) electrons. The third-order valence-corrected chi connectivity index (χ3v) is 7.18. The van der Waals surface area contributed by atoms with Crippen LogP contribution in [0.15, 0.2) is 77.8 Å². The number of aliphatic imine (C=N–C) groups is 1. The van der Waals surface area contributed by atoms with E-state index in [9.17, 15) is 5.11 Å². The summed E-state index contributed by atoms with van der Waals surface area (Å²) in [4.78, 5) is 9.14. The summed E-state index contributed by atoms with van der Waals surface area (Å²) in [6, 6.07) is 24.3. The first-order valence-electron chi connectivity index (χ1n) is 11.3. The molecule has 5 rings (SSSR count). The summed E-state index contributed by atoms with van der Waals surface area (Å²) >= 11 is 3.49. The van der Waals surface area contributed by atoms with Crippen LogP contribution in [0.5, 0.6) is 5.75 Å². The highest BCUT2D eigenvalue weighted by atomic mass is 32.2. The molecule has 2 N–H and O–H groups in total. The Kier molecular flexibility index (Phi) is 8.02. The molecule has 0 saturated heterocycles. The molecule has 170 valence electrons. The monoisotopic (exact) mass is 475 g/mol. The molecular weight excluding hydrogens is 446 g/mol. The fourth-order valence-electron chi connectivity index (χ4n) is 3.71. The summed E-state index contributed by atoms with van der Waals surface area (Å²) in [5, 5.41) is 15.2. The normalized spacial score (nSPS) is 15.5. The number of rotatable bonds is 4. The lowest BCUT2D eigenvalue weighted by Crippen LogP contribution is -2.16. The van der Waals surface area contributed by atoms with Crippen LogP contribution in [0.25, 0.3) is 10.2 Å². The molecule has 0 bridgehead atoms. The highest BCUT2D eigenvalue weighted by Gasteiger charge is 2.18. The van der Waals surface area contributed by atoms with E-state index in [0.29, 0.717) is 5.75 Å². The van der Waals surface area contributed by atoms with Gasteiger partial charge in [-0.3, -0.25) is 4.99 Å². The number of aromatic hydroxyl groups is 1. The van der Waals surface area contributed by atoms with E-state index in [1.54, 1.807) is 35.2 Å². The zero-order chi connectivity index (χ0) is 23.0. The standard InChI is InChI=1S/C19H22N2OS.C8H7NS/c1-2-4-14-7-9-16(10-8-14)20-19-21-18(11-12-23-19)15-5-3-6-17(22)13-15;1-6-9-7-4-2-3-5-8(7)10-6/h3,5-10,13,18,22H,2,4,11-12H2,1H3,(H,20,21);2-5H,1H3. The third-order valence-electron chi connectivity index (χ3n) is 5.30. The summed E-state index contributed by atoms with van der Waals surface area (Å²) in [7, 11) is 0. The summed E-state index contributed by atoms with van der Waals surface area (Å²) < 4.78 is 1.28. The summed E-state index contributed by atoms with van der Waals surface area (Å²) in [6.07, 6.45) is 3.28. The maximum Gasteiger partial charge on any atom is 0.161 e. The van der Waals surface area contributed by atoms with Crippen LogP contribution in [0.2, 0.25) is 0 Å². The summed E-state index contributed by atoms with van der Waals surface area (Å²) in [6.45, 7) is 4.23. The molecule has 4 aromatic rings. The van der Waals surface area contributed by atoms with Gasteiger partial charge in [-0.2, -0.15) is 0 Å². The highest BCUT2D eigenvalue weighted by molar-refractivity contribution is 8.14. The van der Waals surface area contributed by atoms with Crippen molar-refractivity contribution in [3.8, 4) is 5.75 Å². The number of aryl methyl sites for hydroxylation is 2. The molecule has 0 saturated carbocycles. The summed E-state index contributed by atoms with van der Waals surface area (Å²) in [5.41, 5.74) is 4.63. The Morgan fingerprint density at radius 2 is 1.85 bits per heavy atom. The number of aromatic nitrogens is 1. The number of hydrogen-bond donors (Lipinski definition) is 2. The largest absolute Gasteiger partial charge is 0.508 e. The maximum absolute atomic E-state index is 9.65. The second-order valence-electron chi connectivity index (χ2n) is 7.95. The third kappa shape index (κ3) is 6.59. The van der Waals surface area contributed by atoms with Gasteiger partial charge in [0.1, 0.15) is 5.75 Å². The van der Waals surface area contributed by atoms with Crippen LogP contribution in [0.3, 0.4) is 0 Å². The van der Waals surface area contributed by atoms with Crippen LogP contribution in [0.1, 0.15) is 41.9 Å². The number of fused-ring (bicyclic) bond motifs is 1. The number of phenols is 1. The molecule has 4 nitrogen and oxygen atoms in total. The number of nitrogens with zero attached hydrogens (tertiary/aromatic N) is 2. The van der Waals surface area contributed by atoms with Gasteiger partial charge in [-0.05, 0) is 67.3 Å². The van der Waals surface area contributed by atoms with E-state index < -0.39 is 0 Å². The number of amidine groups is 1.